The zero-order chi connectivity index (χ0) is 20.5. The predicted octanol–water partition coefficient (Wildman–Crippen LogP) is 2.01. The van der Waals surface area contributed by atoms with Gasteiger partial charge in [-0.15, -0.1) is 10.2 Å². The van der Waals surface area contributed by atoms with E-state index in [0.717, 1.165) is 11.1 Å². The van der Waals surface area contributed by atoms with Crippen LogP contribution in [0, 0.1) is 0 Å². The van der Waals surface area contributed by atoms with E-state index in [1.165, 1.54) is 11.0 Å². The first-order chi connectivity index (χ1) is 14.2. The highest BCUT2D eigenvalue weighted by Gasteiger charge is 2.06. The predicted molar refractivity (Wildman–Crippen MR) is 108 cm³/mol. The molecule has 0 saturated carbocycles. The highest BCUT2D eigenvalue weighted by Crippen LogP contribution is 2.26. The number of methoxy groups -OCH3 is 2. The van der Waals surface area contributed by atoms with Crippen molar-refractivity contribution in [3.05, 3.63) is 65.5 Å². The van der Waals surface area contributed by atoms with Gasteiger partial charge in [-0.25, -0.2) is 5.43 Å². The van der Waals surface area contributed by atoms with Crippen LogP contribution in [-0.4, -0.2) is 46.5 Å². The second-order valence-corrected chi connectivity index (χ2v) is 5.83. The molecule has 0 saturated heterocycles. The van der Waals surface area contributed by atoms with E-state index in [0.29, 0.717) is 17.3 Å². The molecule has 0 fully saturated rings. The lowest BCUT2D eigenvalue weighted by Crippen LogP contribution is -2.24. The molecule has 148 valence electrons. The van der Waals surface area contributed by atoms with Crippen molar-refractivity contribution in [1.82, 2.24) is 25.6 Å². The van der Waals surface area contributed by atoms with E-state index in [9.17, 15) is 4.79 Å². The Balaban J connectivity index is 1.53. The van der Waals surface area contributed by atoms with Gasteiger partial charge in [0.1, 0.15) is 6.54 Å². The van der Waals surface area contributed by atoms with Crippen molar-refractivity contribution in [2.45, 2.75) is 6.54 Å². The number of carbonyl (C=O) groups excluding carboxylic acids is 1. The first-order valence-corrected chi connectivity index (χ1v) is 8.73. The Morgan fingerprint density at radius 3 is 2.62 bits per heavy atom. The van der Waals surface area contributed by atoms with Crippen LogP contribution >= 0.6 is 0 Å². The fourth-order valence-corrected chi connectivity index (χ4v) is 2.40. The second-order valence-electron chi connectivity index (χ2n) is 5.83. The van der Waals surface area contributed by atoms with Gasteiger partial charge in [0.25, 0.3) is 5.91 Å². The van der Waals surface area contributed by atoms with Gasteiger partial charge in [-0.05, 0) is 40.6 Å². The van der Waals surface area contributed by atoms with Gasteiger partial charge in [-0.1, -0.05) is 36.4 Å². The summed E-state index contributed by atoms with van der Waals surface area (Å²) in [5.74, 6) is 1.22. The summed E-state index contributed by atoms with van der Waals surface area (Å²) in [6, 6.07) is 15.0. The van der Waals surface area contributed by atoms with Gasteiger partial charge >= 0.3 is 0 Å². The van der Waals surface area contributed by atoms with Gasteiger partial charge in [0.2, 0.25) is 0 Å². The first-order valence-electron chi connectivity index (χ1n) is 8.73. The normalized spacial score (nSPS) is 11.1. The van der Waals surface area contributed by atoms with Crippen LogP contribution in [0.5, 0.6) is 11.5 Å². The number of nitrogens with zero attached hydrogens (tertiary/aromatic N) is 5. The van der Waals surface area contributed by atoms with Crippen LogP contribution in [0.25, 0.3) is 12.2 Å². The summed E-state index contributed by atoms with van der Waals surface area (Å²) in [6.07, 6.45) is 5.10. The van der Waals surface area contributed by atoms with Crippen LogP contribution in [0.3, 0.4) is 0 Å². The van der Waals surface area contributed by atoms with E-state index in [-0.39, 0.29) is 12.5 Å². The van der Waals surface area contributed by atoms with Crippen molar-refractivity contribution in [1.29, 1.82) is 0 Å². The Kier molecular flexibility index (Phi) is 6.66. The second kappa shape index (κ2) is 9.79. The number of benzene rings is 2. The number of aromatic nitrogens is 4. The summed E-state index contributed by atoms with van der Waals surface area (Å²) in [6.45, 7) is -0.102. The molecule has 29 heavy (non-hydrogen) atoms. The molecule has 9 heteroatoms. The Morgan fingerprint density at radius 2 is 1.86 bits per heavy atom. The lowest BCUT2D eigenvalue weighted by molar-refractivity contribution is -0.122. The standard InChI is InChI=1S/C20H20N6O3/c1-28-17-10-8-16(12-18(17)29-2)13-21-23-20(27)14-26-24-19(22-25-26)11-9-15-6-4-3-5-7-15/h3-13H,14H2,1-2H3,(H,23,27)/b11-9+,21-13+. The van der Waals surface area contributed by atoms with Crippen LogP contribution in [-0.2, 0) is 11.3 Å². The molecule has 2 aromatic carbocycles. The van der Waals surface area contributed by atoms with Crippen molar-refractivity contribution in [2.24, 2.45) is 5.10 Å². The lowest BCUT2D eigenvalue weighted by Gasteiger charge is -2.07. The third kappa shape index (κ3) is 5.73. The molecule has 1 aromatic heterocycles. The van der Waals surface area contributed by atoms with E-state index < -0.39 is 0 Å². The van der Waals surface area contributed by atoms with E-state index >= 15 is 0 Å². The summed E-state index contributed by atoms with van der Waals surface area (Å²) < 4.78 is 10.4. The molecule has 1 heterocycles. The Labute approximate surface area is 167 Å². The highest BCUT2D eigenvalue weighted by atomic mass is 16.5. The molecule has 0 aliphatic heterocycles. The van der Waals surface area contributed by atoms with Gasteiger partial charge in [0.15, 0.2) is 17.3 Å². The van der Waals surface area contributed by atoms with Gasteiger partial charge < -0.3 is 9.47 Å². The number of amides is 1. The molecule has 3 aromatic rings. The number of nitrogens with one attached hydrogen (secondary N) is 1. The number of hydrogen-bond donors (Lipinski definition) is 1. The summed E-state index contributed by atoms with van der Waals surface area (Å²) in [5, 5.41) is 15.8. The smallest absolute Gasteiger partial charge is 0.263 e. The third-order valence-corrected chi connectivity index (χ3v) is 3.79. The van der Waals surface area contributed by atoms with Gasteiger partial charge in [-0.2, -0.15) is 9.90 Å². The Morgan fingerprint density at radius 1 is 1.07 bits per heavy atom. The molecular weight excluding hydrogens is 372 g/mol. The molecule has 1 N–H and O–H groups in total. The minimum absolute atomic E-state index is 0.102. The van der Waals surface area contributed by atoms with Gasteiger partial charge in [0, 0.05) is 0 Å². The van der Waals surface area contributed by atoms with E-state index in [1.807, 2.05) is 36.4 Å². The summed E-state index contributed by atoms with van der Waals surface area (Å²) in [7, 11) is 3.11. The van der Waals surface area contributed by atoms with E-state index in [2.05, 4.69) is 25.9 Å². The molecule has 0 atom stereocenters. The summed E-state index contributed by atoms with van der Waals surface area (Å²) in [5.41, 5.74) is 4.19. The van der Waals surface area contributed by atoms with Crippen LogP contribution in [0.4, 0.5) is 0 Å². The van der Waals surface area contributed by atoms with Crippen LogP contribution in [0.2, 0.25) is 0 Å². The third-order valence-electron chi connectivity index (χ3n) is 3.79. The average Bonchev–Trinajstić information content (AvgIpc) is 3.20. The van der Waals surface area contributed by atoms with Crippen molar-refractivity contribution < 1.29 is 14.3 Å². The fourth-order valence-electron chi connectivity index (χ4n) is 2.40. The minimum atomic E-state index is -0.377. The minimum Gasteiger partial charge on any atom is -0.493 e. The Bertz CT molecular complexity index is 1010. The number of hydrogen-bond acceptors (Lipinski definition) is 7. The summed E-state index contributed by atoms with van der Waals surface area (Å²) >= 11 is 0. The van der Waals surface area contributed by atoms with Crippen LogP contribution in [0.1, 0.15) is 17.0 Å². The summed E-state index contributed by atoms with van der Waals surface area (Å²) in [4.78, 5) is 13.2. The molecule has 0 radical (unpaired) electrons. The van der Waals surface area contributed by atoms with Crippen molar-refractivity contribution in [3.8, 4) is 11.5 Å². The number of ether oxygens (including phenoxy) is 2. The highest BCUT2D eigenvalue weighted by molar-refractivity contribution is 5.83. The number of rotatable bonds is 8. The maximum atomic E-state index is 12.0. The van der Waals surface area contributed by atoms with Crippen LogP contribution < -0.4 is 14.9 Å². The van der Waals surface area contributed by atoms with Gasteiger partial charge in [0.05, 0.1) is 20.4 Å². The monoisotopic (exact) mass is 392 g/mol. The van der Waals surface area contributed by atoms with Crippen LogP contribution in [0.15, 0.2) is 53.6 Å². The van der Waals surface area contributed by atoms with Gasteiger partial charge in [-0.3, -0.25) is 4.79 Å². The number of hydrazone groups is 1. The Hall–Kier alpha value is -4.01. The molecule has 0 bridgehead atoms. The molecule has 3 rings (SSSR count). The van der Waals surface area contributed by atoms with Crippen molar-refractivity contribution in [3.63, 3.8) is 0 Å². The zero-order valence-electron chi connectivity index (χ0n) is 16.0. The largest absolute Gasteiger partial charge is 0.493 e. The van der Waals surface area contributed by atoms with Crippen molar-refractivity contribution in [2.75, 3.05) is 14.2 Å². The molecule has 0 aliphatic rings. The van der Waals surface area contributed by atoms with E-state index in [1.54, 1.807) is 38.5 Å². The maximum absolute atomic E-state index is 12.0. The average molecular weight is 392 g/mol. The first kappa shape index (κ1) is 19.7. The number of carbonyl (C=O) groups is 1. The molecule has 0 unspecified atom stereocenters. The fraction of sp³-hybridized carbons (Fsp3) is 0.150. The molecule has 0 spiro atoms. The maximum Gasteiger partial charge on any atom is 0.263 e. The van der Waals surface area contributed by atoms with E-state index in [4.69, 9.17) is 9.47 Å². The molecular formula is C20H20N6O3. The zero-order valence-corrected chi connectivity index (χ0v) is 16.0. The molecule has 9 nitrogen and oxygen atoms in total. The SMILES string of the molecule is COc1ccc(/C=N/NC(=O)Cn2nnc(/C=C/c3ccccc3)n2)cc1OC. The lowest BCUT2D eigenvalue weighted by atomic mass is 10.2. The quantitative estimate of drug-likeness (QED) is 0.465. The van der Waals surface area contributed by atoms with Crippen molar-refractivity contribution >= 4 is 24.3 Å². The number of tetrazole rings is 1. The molecule has 0 aliphatic carbocycles. The topological polar surface area (TPSA) is 104 Å². The molecule has 1 amide bonds.